The lowest BCUT2D eigenvalue weighted by Gasteiger charge is -2.37. The Morgan fingerprint density at radius 2 is 2.05 bits per heavy atom. The fraction of sp³-hybridized carbons (Fsp3) is 0.647. The molecule has 21 heavy (non-hydrogen) atoms. The third-order valence-corrected chi connectivity index (χ3v) is 4.55. The van der Waals surface area contributed by atoms with Crippen LogP contribution in [-0.4, -0.2) is 31.3 Å². The summed E-state index contributed by atoms with van der Waals surface area (Å²) < 4.78 is 13.6. The SMILES string of the molecule is CNC(C)c1cc(F)ccc1N(CCO)C1CCCCC1. The van der Waals surface area contributed by atoms with E-state index in [1.165, 1.54) is 25.3 Å². The zero-order chi connectivity index (χ0) is 15.2. The van der Waals surface area contributed by atoms with E-state index in [-0.39, 0.29) is 18.5 Å². The number of anilines is 1. The van der Waals surface area contributed by atoms with Gasteiger partial charge in [0.25, 0.3) is 0 Å². The molecule has 1 fully saturated rings. The van der Waals surface area contributed by atoms with Crippen LogP contribution in [0.15, 0.2) is 18.2 Å². The second kappa shape index (κ2) is 7.76. The van der Waals surface area contributed by atoms with Crippen molar-refractivity contribution in [1.82, 2.24) is 5.32 Å². The monoisotopic (exact) mass is 294 g/mol. The van der Waals surface area contributed by atoms with E-state index in [9.17, 15) is 9.50 Å². The Hall–Kier alpha value is -1.13. The minimum Gasteiger partial charge on any atom is -0.395 e. The number of rotatable bonds is 6. The van der Waals surface area contributed by atoms with Crippen molar-refractivity contribution < 1.29 is 9.50 Å². The molecular formula is C17H27FN2O. The molecular weight excluding hydrogens is 267 g/mol. The van der Waals surface area contributed by atoms with Crippen molar-refractivity contribution in [3.05, 3.63) is 29.6 Å². The van der Waals surface area contributed by atoms with Gasteiger partial charge in [-0.05, 0) is 50.6 Å². The highest BCUT2D eigenvalue weighted by molar-refractivity contribution is 5.56. The zero-order valence-corrected chi connectivity index (χ0v) is 13.1. The average Bonchev–Trinajstić information content (AvgIpc) is 2.53. The molecule has 1 saturated carbocycles. The fourth-order valence-electron chi connectivity index (χ4n) is 3.29. The molecule has 0 amide bonds. The molecule has 1 atom stereocenters. The molecule has 1 aromatic carbocycles. The molecule has 1 aliphatic rings. The smallest absolute Gasteiger partial charge is 0.123 e. The van der Waals surface area contributed by atoms with Crippen LogP contribution in [0, 0.1) is 5.82 Å². The summed E-state index contributed by atoms with van der Waals surface area (Å²) in [6.45, 7) is 2.78. The fourth-order valence-corrected chi connectivity index (χ4v) is 3.29. The van der Waals surface area contributed by atoms with Gasteiger partial charge in [0.05, 0.1) is 6.61 Å². The van der Waals surface area contributed by atoms with E-state index in [4.69, 9.17) is 0 Å². The Morgan fingerprint density at radius 1 is 1.33 bits per heavy atom. The van der Waals surface area contributed by atoms with E-state index in [0.29, 0.717) is 12.6 Å². The number of nitrogens with zero attached hydrogens (tertiary/aromatic N) is 1. The van der Waals surface area contributed by atoms with Crippen molar-refractivity contribution in [3.8, 4) is 0 Å². The van der Waals surface area contributed by atoms with Crippen molar-refractivity contribution in [2.75, 3.05) is 25.1 Å². The van der Waals surface area contributed by atoms with Crippen LogP contribution in [0.25, 0.3) is 0 Å². The molecule has 3 nitrogen and oxygen atoms in total. The molecule has 0 heterocycles. The Kier molecular flexibility index (Phi) is 6.00. The van der Waals surface area contributed by atoms with Crippen LogP contribution in [0.3, 0.4) is 0 Å². The van der Waals surface area contributed by atoms with Crippen molar-refractivity contribution in [3.63, 3.8) is 0 Å². The van der Waals surface area contributed by atoms with Gasteiger partial charge in [0.1, 0.15) is 5.82 Å². The third kappa shape index (κ3) is 3.95. The van der Waals surface area contributed by atoms with Crippen molar-refractivity contribution in [1.29, 1.82) is 0 Å². The van der Waals surface area contributed by atoms with Crippen LogP contribution in [-0.2, 0) is 0 Å². The summed E-state index contributed by atoms with van der Waals surface area (Å²) in [5, 5.41) is 12.6. The lowest BCUT2D eigenvalue weighted by atomic mass is 9.92. The number of benzene rings is 1. The van der Waals surface area contributed by atoms with Gasteiger partial charge in [-0.25, -0.2) is 4.39 Å². The molecule has 1 aliphatic carbocycles. The average molecular weight is 294 g/mol. The second-order valence-corrected chi connectivity index (χ2v) is 5.92. The summed E-state index contributed by atoms with van der Waals surface area (Å²) in [4.78, 5) is 2.28. The molecule has 0 bridgehead atoms. The highest BCUT2D eigenvalue weighted by atomic mass is 19.1. The lowest BCUT2D eigenvalue weighted by Crippen LogP contribution is -2.39. The van der Waals surface area contributed by atoms with Gasteiger partial charge in [-0.2, -0.15) is 0 Å². The minimum atomic E-state index is -0.205. The zero-order valence-electron chi connectivity index (χ0n) is 13.1. The van der Waals surface area contributed by atoms with Gasteiger partial charge in [0.2, 0.25) is 0 Å². The highest BCUT2D eigenvalue weighted by Crippen LogP contribution is 2.32. The highest BCUT2D eigenvalue weighted by Gasteiger charge is 2.24. The van der Waals surface area contributed by atoms with Gasteiger partial charge in [0.15, 0.2) is 0 Å². The Balaban J connectivity index is 2.34. The largest absolute Gasteiger partial charge is 0.395 e. The first-order chi connectivity index (χ1) is 10.2. The molecule has 118 valence electrons. The summed E-state index contributed by atoms with van der Waals surface area (Å²) in [5.74, 6) is -0.205. The Labute approximate surface area is 127 Å². The summed E-state index contributed by atoms with van der Waals surface area (Å²) in [7, 11) is 1.89. The molecule has 1 unspecified atom stereocenters. The summed E-state index contributed by atoms with van der Waals surface area (Å²) in [6, 6.07) is 5.54. The van der Waals surface area contributed by atoms with E-state index < -0.39 is 0 Å². The normalized spacial score (nSPS) is 17.7. The van der Waals surface area contributed by atoms with Crippen LogP contribution in [0.5, 0.6) is 0 Å². The second-order valence-electron chi connectivity index (χ2n) is 5.92. The van der Waals surface area contributed by atoms with Gasteiger partial charge in [-0.1, -0.05) is 19.3 Å². The van der Waals surface area contributed by atoms with Crippen LogP contribution >= 0.6 is 0 Å². The van der Waals surface area contributed by atoms with Gasteiger partial charge in [-0.3, -0.25) is 0 Å². The molecule has 0 aliphatic heterocycles. The standard InChI is InChI=1S/C17H27FN2O/c1-13(19-2)16-12-14(18)8-9-17(16)20(10-11-21)15-6-4-3-5-7-15/h8-9,12-13,15,19,21H,3-7,10-11H2,1-2H3. The molecule has 0 spiro atoms. The number of hydrogen-bond donors (Lipinski definition) is 2. The van der Waals surface area contributed by atoms with Crippen molar-refractivity contribution in [2.45, 2.75) is 51.1 Å². The summed E-state index contributed by atoms with van der Waals surface area (Å²) in [6.07, 6.45) is 6.09. The first kappa shape index (κ1) is 16.2. The van der Waals surface area contributed by atoms with Gasteiger partial charge >= 0.3 is 0 Å². The van der Waals surface area contributed by atoms with E-state index in [0.717, 1.165) is 24.1 Å². The van der Waals surface area contributed by atoms with Crippen LogP contribution in [0.4, 0.5) is 10.1 Å². The summed E-state index contributed by atoms with van der Waals surface area (Å²) >= 11 is 0. The van der Waals surface area contributed by atoms with E-state index in [1.807, 2.05) is 20.0 Å². The molecule has 4 heteroatoms. The minimum absolute atomic E-state index is 0.0838. The maximum Gasteiger partial charge on any atom is 0.123 e. The number of hydrogen-bond acceptors (Lipinski definition) is 3. The molecule has 2 rings (SSSR count). The third-order valence-electron chi connectivity index (χ3n) is 4.55. The molecule has 1 aromatic rings. The Bertz CT molecular complexity index is 446. The molecule has 0 saturated heterocycles. The number of halogens is 1. The van der Waals surface area contributed by atoms with Gasteiger partial charge in [0, 0.05) is 24.3 Å². The molecule has 0 aromatic heterocycles. The van der Waals surface area contributed by atoms with Gasteiger partial charge < -0.3 is 15.3 Å². The quantitative estimate of drug-likeness (QED) is 0.845. The van der Waals surface area contributed by atoms with Crippen molar-refractivity contribution in [2.24, 2.45) is 0 Å². The topological polar surface area (TPSA) is 35.5 Å². The van der Waals surface area contributed by atoms with Crippen LogP contribution < -0.4 is 10.2 Å². The predicted octanol–water partition coefficient (Wildman–Crippen LogP) is 3.24. The molecule has 2 N–H and O–H groups in total. The van der Waals surface area contributed by atoms with E-state index in [2.05, 4.69) is 10.2 Å². The van der Waals surface area contributed by atoms with Crippen molar-refractivity contribution >= 4 is 5.69 Å². The Morgan fingerprint density at radius 3 is 2.67 bits per heavy atom. The number of aliphatic hydroxyl groups excluding tert-OH is 1. The molecule has 0 radical (unpaired) electrons. The first-order valence-corrected chi connectivity index (χ1v) is 8.01. The predicted molar refractivity (Wildman–Crippen MR) is 85.2 cm³/mol. The lowest BCUT2D eigenvalue weighted by molar-refractivity contribution is 0.289. The van der Waals surface area contributed by atoms with Gasteiger partial charge in [-0.15, -0.1) is 0 Å². The van der Waals surface area contributed by atoms with E-state index >= 15 is 0 Å². The summed E-state index contributed by atoms with van der Waals surface area (Å²) in [5.41, 5.74) is 2.02. The van der Waals surface area contributed by atoms with Crippen LogP contribution in [0.2, 0.25) is 0 Å². The first-order valence-electron chi connectivity index (χ1n) is 8.01. The maximum atomic E-state index is 13.6. The van der Waals surface area contributed by atoms with E-state index in [1.54, 1.807) is 6.07 Å². The van der Waals surface area contributed by atoms with Crippen LogP contribution in [0.1, 0.15) is 50.6 Å². The number of aliphatic hydroxyl groups is 1. The number of nitrogens with one attached hydrogen (secondary N) is 1. The maximum absolute atomic E-state index is 13.6.